The topological polar surface area (TPSA) is 37.0 Å². The number of rotatable bonds is 4. The van der Waals surface area contributed by atoms with Gasteiger partial charge in [-0.15, -0.1) is 11.3 Å². The molecule has 0 amide bonds. The lowest BCUT2D eigenvalue weighted by Gasteiger charge is -2.14. The van der Waals surface area contributed by atoms with E-state index < -0.39 is 11.6 Å². The fourth-order valence-electron chi connectivity index (χ4n) is 1.56. The monoisotopic (exact) mass is 269 g/mol. The third-order valence-electron chi connectivity index (χ3n) is 2.49. The molecule has 0 aliphatic heterocycles. The molecule has 1 unspecified atom stereocenters. The standard InChI is InChI=1S/C12H13F2N3S/c1-7(10-4-3-5-18-10)16-12-9(14)6-8(13)11(15-2)17-12/h3-7H,1-2H3,(H2,15,16,17). The maximum atomic E-state index is 13.6. The number of pyridine rings is 1. The molecule has 18 heavy (non-hydrogen) atoms. The first-order valence-corrected chi connectivity index (χ1v) is 6.33. The van der Waals surface area contributed by atoms with E-state index in [2.05, 4.69) is 15.6 Å². The van der Waals surface area contributed by atoms with E-state index in [0.29, 0.717) is 0 Å². The van der Waals surface area contributed by atoms with Crippen LogP contribution in [0, 0.1) is 11.6 Å². The molecule has 0 radical (unpaired) electrons. The van der Waals surface area contributed by atoms with Crippen LogP contribution in [0.25, 0.3) is 0 Å². The summed E-state index contributed by atoms with van der Waals surface area (Å²) in [5.41, 5.74) is 0. The van der Waals surface area contributed by atoms with Crippen LogP contribution < -0.4 is 10.6 Å². The number of halogens is 2. The van der Waals surface area contributed by atoms with Crippen molar-refractivity contribution < 1.29 is 8.78 Å². The lowest BCUT2D eigenvalue weighted by atomic mass is 10.2. The molecule has 3 nitrogen and oxygen atoms in total. The largest absolute Gasteiger partial charge is 0.371 e. The minimum absolute atomic E-state index is 0.0253. The highest BCUT2D eigenvalue weighted by Crippen LogP contribution is 2.25. The van der Waals surface area contributed by atoms with Crippen LogP contribution in [0.2, 0.25) is 0 Å². The third kappa shape index (κ3) is 2.59. The highest BCUT2D eigenvalue weighted by atomic mass is 32.1. The zero-order chi connectivity index (χ0) is 13.1. The molecular weight excluding hydrogens is 256 g/mol. The van der Waals surface area contributed by atoms with E-state index in [1.165, 1.54) is 7.05 Å². The summed E-state index contributed by atoms with van der Waals surface area (Å²) in [6.07, 6.45) is 0. The first kappa shape index (κ1) is 12.8. The van der Waals surface area contributed by atoms with Gasteiger partial charge in [0.15, 0.2) is 23.3 Å². The predicted octanol–water partition coefficient (Wildman–Crippen LogP) is 3.64. The second kappa shape index (κ2) is 5.30. The summed E-state index contributed by atoms with van der Waals surface area (Å²) in [6.45, 7) is 1.90. The van der Waals surface area contributed by atoms with Crippen LogP contribution >= 0.6 is 11.3 Å². The average Bonchev–Trinajstić information content (AvgIpc) is 2.86. The van der Waals surface area contributed by atoms with E-state index in [-0.39, 0.29) is 17.7 Å². The van der Waals surface area contributed by atoms with Gasteiger partial charge in [-0.3, -0.25) is 0 Å². The summed E-state index contributed by atoms with van der Waals surface area (Å²) >= 11 is 1.57. The van der Waals surface area contributed by atoms with Crippen LogP contribution in [-0.4, -0.2) is 12.0 Å². The van der Waals surface area contributed by atoms with Crippen molar-refractivity contribution in [1.82, 2.24) is 4.98 Å². The Morgan fingerprint density at radius 1 is 1.28 bits per heavy atom. The fourth-order valence-corrected chi connectivity index (χ4v) is 2.29. The molecule has 1 atom stereocenters. The Morgan fingerprint density at radius 3 is 2.61 bits per heavy atom. The van der Waals surface area contributed by atoms with Gasteiger partial charge in [-0.1, -0.05) is 6.07 Å². The maximum absolute atomic E-state index is 13.6. The first-order chi connectivity index (χ1) is 8.61. The minimum Gasteiger partial charge on any atom is -0.371 e. The van der Waals surface area contributed by atoms with Crippen molar-refractivity contribution in [3.05, 3.63) is 40.1 Å². The van der Waals surface area contributed by atoms with Crippen LogP contribution in [-0.2, 0) is 0 Å². The number of nitrogens with zero attached hydrogens (tertiary/aromatic N) is 1. The maximum Gasteiger partial charge on any atom is 0.168 e. The zero-order valence-electron chi connectivity index (χ0n) is 10.00. The first-order valence-electron chi connectivity index (χ1n) is 5.45. The Bertz CT molecular complexity index is 528. The Morgan fingerprint density at radius 2 is 2.00 bits per heavy atom. The van der Waals surface area contributed by atoms with Gasteiger partial charge in [0.2, 0.25) is 0 Å². The van der Waals surface area contributed by atoms with Crippen LogP contribution in [0.4, 0.5) is 20.4 Å². The minimum atomic E-state index is -0.704. The van der Waals surface area contributed by atoms with E-state index >= 15 is 0 Å². The Labute approximate surface area is 108 Å². The molecule has 2 N–H and O–H groups in total. The molecule has 0 aromatic carbocycles. The van der Waals surface area contributed by atoms with Gasteiger partial charge >= 0.3 is 0 Å². The smallest absolute Gasteiger partial charge is 0.168 e. The SMILES string of the molecule is CNc1nc(NC(C)c2cccs2)c(F)cc1F. The summed E-state index contributed by atoms with van der Waals surface area (Å²) in [7, 11) is 1.54. The number of aromatic nitrogens is 1. The molecule has 2 aromatic rings. The number of hydrogen-bond donors (Lipinski definition) is 2. The second-order valence-corrected chi connectivity index (χ2v) is 4.76. The Balaban J connectivity index is 2.23. The highest BCUT2D eigenvalue weighted by molar-refractivity contribution is 7.10. The third-order valence-corrected chi connectivity index (χ3v) is 3.54. The van der Waals surface area contributed by atoms with Gasteiger partial charge in [-0.05, 0) is 18.4 Å². The van der Waals surface area contributed by atoms with Gasteiger partial charge in [0.1, 0.15) is 0 Å². The van der Waals surface area contributed by atoms with Crippen LogP contribution in [0.15, 0.2) is 23.6 Å². The van der Waals surface area contributed by atoms with E-state index in [1.54, 1.807) is 11.3 Å². The van der Waals surface area contributed by atoms with Crippen molar-refractivity contribution in [2.75, 3.05) is 17.7 Å². The van der Waals surface area contributed by atoms with Gasteiger partial charge < -0.3 is 10.6 Å². The molecule has 0 fully saturated rings. The molecular formula is C12H13F2N3S. The molecule has 0 saturated carbocycles. The molecule has 2 rings (SSSR count). The molecule has 96 valence electrons. The lowest BCUT2D eigenvalue weighted by molar-refractivity contribution is 0.577. The predicted molar refractivity (Wildman–Crippen MR) is 70.1 cm³/mol. The second-order valence-electron chi connectivity index (χ2n) is 3.78. The van der Waals surface area contributed by atoms with Crippen molar-refractivity contribution in [1.29, 1.82) is 0 Å². The van der Waals surface area contributed by atoms with E-state index in [1.807, 2.05) is 24.4 Å². The number of hydrogen-bond acceptors (Lipinski definition) is 4. The van der Waals surface area contributed by atoms with Gasteiger partial charge in [0, 0.05) is 18.0 Å². The quantitative estimate of drug-likeness (QED) is 0.889. The van der Waals surface area contributed by atoms with E-state index in [4.69, 9.17) is 0 Å². The summed E-state index contributed by atoms with van der Waals surface area (Å²) in [4.78, 5) is 4.93. The average molecular weight is 269 g/mol. The van der Waals surface area contributed by atoms with E-state index in [0.717, 1.165) is 10.9 Å². The summed E-state index contributed by atoms with van der Waals surface area (Å²) in [5.74, 6) is -1.34. The molecule has 0 bridgehead atoms. The fraction of sp³-hybridized carbons (Fsp3) is 0.250. The Hall–Kier alpha value is -1.69. The van der Waals surface area contributed by atoms with Crippen LogP contribution in [0.1, 0.15) is 17.8 Å². The lowest BCUT2D eigenvalue weighted by Crippen LogP contribution is -2.10. The summed E-state index contributed by atoms with van der Waals surface area (Å²) < 4.78 is 26.8. The number of nitrogens with one attached hydrogen (secondary N) is 2. The Kier molecular flexibility index (Phi) is 3.76. The zero-order valence-corrected chi connectivity index (χ0v) is 10.8. The molecule has 0 saturated heterocycles. The van der Waals surface area contributed by atoms with Crippen LogP contribution in [0.5, 0.6) is 0 Å². The van der Waals surface area contributed by atoms with Crippen molar-refractivity contribution in [2.45, 2.75) is 13.0 Å². The molecule has 0 aliphatic carbocycles. The molecule has 6 heteroatoms. The molecule has 0 spiro atoms. The van der Waals surface area contributed by atoms with Gasteiger partial charge in [0.25, 0.3) is 0 Å². The van der Waals surface area contributed by atoms with Crippen molar-refractivity contribution in [2.24, 2.45) is 0 Å². The highest BCUT2D eigenvalue weighted by Gasteiger charge is 2.14. The number of anilines is 2. The van der Waals surface area contributed by atoms with Gasteiger partial charge in [-0.2, -0.15) is 0 Å². The van der Waals surface area contributed by atoms with Crippen molar-refractivity contribution in [3.8, 4) is 0 Å². The normalized spacial score (nSPS) is 12.2. The summed E-state index contributed by atoms with van der Waals surface area (Å²) in [6, 6.07) is 4.61. The van der Waals surface area contributed by atoms with Gasteiger partial charge in [0.05, 0.1) is 6.04 Å². The summed E-state index contributed by atoms with van der Waals surface area (Å²) in [5, 5.41) is 7.46. The van der Waals surface area contributed by atoms with Crippen molar-refractivity contribution in [3.63, 3.8) is 0 Å². The molecule has 0 aliphatic rings. The van der Waals surface area contributed by atoms with Crippen LogP contribution in [0.3, 0.4) is 0 Å². The van der Waals surface area contributed by atoms with E-state index in [9.17, 15) is 8.78 Å². The molecule has 2 aromatic heterocycles. The number of thiophene rings is 1. The van der Waals surface area contributed by atoms with Gasteiger partial charge in [-0.25, -0.2) is 13.8 Å². The molecule has 2 heterocycles. The van der Waals surface area contributed by atoms with Crippen molar-refractivity contribution >= 4 is 23.0 Å².